The first-order valence-electron chi connectivity index (χ1n) is 14.0. The van der Waals surface area contributed by atoms with Gasteiger partial charge in [0.25, 0.3) is 0 Å². The molecule has 2 aliphatic rings. The standard InChI is InChI=1S/C40H32/c1-6-14-29-26(4)28(7-2)21-22-30(29)27(5)34-24-35-33-17-10-13-20-38(33)40(39(35)23-25(34)3)36-18-11-8-15-31(36)32-16-9-12-19-37(32)40/h6-24H,2,5H2,1,3-4H3/b14-6-. The summed E-state index contributed by atoms with van der Waals surface area (Å²) in [7, 11) is 0. The van der Waals surface area contributed by atoms with E-state index >= 15 is 0 Å². The summed E-state index contributed by atoms with van der Waals surface area (Å²) < 4.78 is 0. The van der Waals surface area contributed by atoms with Gasteiger partial charge in [0.1, 0.15) is 0 Å². The Morgan fingerprint density at radius 3 is 1.75 bits per heavy atom. The number of hydrogen-bond donors (Lipinski definition) is 0. The van der Waals surface area contributed by atoms with Crippen molar-refractivity contribution < 1.29 is 0 Å². The Labute approximate surface area is 237 Å². The minimum atomic E-state index is -0.317. The van der Waals surface area contributed by atoms with Crippen LogP contribution in [-0.2, 0) is 5.41 Å². The second-order valence-electron chi connectivity index (χ2n) is 11.0. The highest BCUT2D eigenvalue weighted by Crippen LogP contribution is 2.63. The van der Waals surface area contributed by atoms with Crippen molar-refractivity contribution in [3.05, 3.63) is 172 Å². The predicted octanol–water partition coefficient (Wildman–Crippen LogP) is 10.4. The largest absolute Gasteiger partial charge is 0.0985 e. The van der Waals surface area contributed by atoms with Crippen LogP contribution in [-0.4, -0.2) is 0 Å². The van der Waals surface area contributed by atoms with Gasteiger partial charge in [0, 0.05) is 0 Å². The van der Waals surface area contributed by atoms with Gasteiger partial charge in [-0.1, -0.05) is 122 Å². The molecule has 0 heterocycles. The van der Waals surface area contributed by atoms with Gasteiger partial charge in [-0.3, -0.25) is 0 Å². The second kappa shape index (κ2) is 8.93. The highest BCUT2D eigenvalue weighted by Gasteiger charge is 2.51. The molecule has 7 rings (SSSR count). The van der Waals surface area contributed by atoms with Crippen molar-refractivity contribution in [2.24, 2.45) is 0 Å². The van der Waals surface area contributed by atoms with Gasteiger partial charge in [0.05, 0.1) is 5.41 Å². The maximum absolute atomic E-state index is 4.68. The molecule has 0 bridgehead atoms. The minimum Gasteiger partial charge on any atom is -0.0985 e. The Bertz CT molecular complexity index is 1860. The minimum absolute atomic E-state index is 0.317. The van der Waals surface area contributed by atoms with E-state index in [1.807, 2.05) is 6.08 Å². The van der Waals surface area contributed by atoms with Crippen LogP contribution in [0.15, 0.2) is 116 Å². The summed E-state index contributed by atoms with van der Waals surface area (Å²) in [5, 5.41) is 0. The molecule has 0 nitrogen and oxygen atoms in total. The van der Waals surface area contributed by atoms with Gasteiger partial charge < -0.3 is 0 Å². The van der Waals surface area contributed by atoms with Gasteiger partial charge in [-0.15, -0.1) is 0 Å². The SMILES string of the molecule is C=Cc1ccc(C(=C)c2cc3c(cc2C)C2(c4ccccc4-c4ccccc42)c2ccccc2-3)c(/C=C\C)c1C. The average molecular weight is 513 g/mol. The van der Waals surface area contributed by atoms with Gasteiger partial charge >= 0.3 is 0 Å². The third kappa shape index (κ3) is 3.08. The van der Waals surface area contributed by atoms with Crippen molar-refractivity contribution in [2.75, 3.05) is 0 Å². The molecule has 0 aromatic heterocycles. The van der Waals surface area contributed by atoms with E-state index in [9.17, 15) is 0 Å². The first-order chi connectivity index (χ1) is 19.5. The van der Waals surface area contributed by atoms with Crippen LogP contribution < -0.4 is 0 Å². The predicted molar refractivity (Wildman–Crippen MR) is 172 cm³/mol. The zero-order chi connectivity index (χ0) is 27.6. The maximum atomic E-state index is 4.68. The van der Waals surface area contributed by atoms with Crippen molar-refractivity contribution in [2.45, 2.75) is 26.2 Å². The number of aryl methyl sites for hydroxylation is 1. The van der Waals surface area contributed by atoms with Crippen LogP contribution >= 0.6 is 0 Å². The van der Waals surface area contributed by atoms with Gasteiger partial charge in [0.15, 0.2) is 0 Å². The normalized spacial score (nSPS) is 13.7. The van der Waals surface area contributed by atoms with Crippen LogP contribution in [0.25, 0.3) is 40.0 Å². The van der Waals surface area contributed by atoms with Crippen LogP contribution in [0, 0.1) is 13.8 Å². The Morgan fingerprint density at radius 1 is 0.650 bits per heavy atom. The number of allylic oxidation sites excluding steroid dienone is 1. The zero-order valence-electron chi connectivity index (χ0n) is 23.4. The molecule has 5 aromatic rings. The summed E-state index contributed by atoms with van der Waals surface area (Å²) in [5.74, 6) is 0. The summed E-state index contributed by atoms with van der Waals surface area (Å²) in [6.07, 6.45) is 6.24. The number of fused-ring (bicyclic) bond motifs is 10. The fraction of sp³-hybridized carbons (Fsp3) is 0.100. The van der Waals surface area contributed by atoms with Crippen LogP contribution in [0.3, 0.4) is 0 Å². The number of benzene rings is 5. The summed E-state index contributed by atoms with van der Waals surface area (Å²) in [5.41, 5.74) is 18.7. The van der Waals surface area contributed by atoms with Crippen molar-refractivity contribution in [3.63, 3.8) is 0 Å². The molecular weight excluding hydrogens is 480 g/mol. The molecular formula is C40H32. The lowest BCUT2D eigenvalue weighted by atomic mass is 9.70. The van der Waals surface area contributed by atoms with Gasteiger partial charge in [0.2, 0.25) is 0 Å². The van der Waals surface area contributed by atoms with Crippen molar-refractivity contribution in [1.29, 1.82) is 0 Å². The highest BCUT2D eigenvalue weighted by atomic mass is 14.5. The van der Waals surface area contributed by atoms with Crippen molar-refractivity contribution in [3.8, 4) is 22.3 Å². The van der Waals surface area contributed by atoms with Gasteiger partial charge in [-0.05, 0) is 110 Å². The molecule has 0 atom stereocenters. The number of hydrogen-bond acceptors (Lipinski definition) is 0. The summed E-state index contributed by atoms with van der Waals surface area (Å²) in [6.45, 7) is 15.2. The molecule has 0 fully saturated rings. The third-order valence-corrected chi connectivity index (χ3v) is 9.10. The highest BCUT2D eigenvalue weighted by molar-refractivity contribution is 5.97. The lowest BCUT2D eigenvalue weighted by Crippen LogP contribution is -2.26. The van der Waals surface area contributed by atoms with E-state index < -0.39 is 0 Å². The third-order valence-electron chi connectivity index (χ3n) is 9.10. The Kier molecular flexibility index (Phi) is 5.44. The molecule has 5 aromatic carbocycles. The molecule has 192 valence electrons. The lowest BCUT2D eigenvalue weighted by molar-refractivity contribution is 0.792. The fourth-order valence-electron chi connectivity index (χ4n) is 7.33. The molecule has 0 unspecified atom stereocenters. The first kappa shape index (κ1) is 24.4. The second-order valence-corrected chi connectivity index (χ2v) is 11.0. The topological polar surface area (TPSA) is 0 Å². The monoisotopic (exact) mass is 512 g/mol. The van der Waals surface area contributed by atoms with E-state index in [4.69, 9.17) is 0 Å². The fourth-order valence-corrected chi connectivity index (χ4v) is 7.33. The quantitative estimate of drug-likeness (QED) is 0.220. The van der Waals surface area contributed by atoms with Gasteiger partial charge in [-0.25, -0.2) is 0 Å². The van der Waals surface area contributed by atoms with Crippen LogP contribution in [0.4, 0.5) is 0 Å². The molecule has 40 heavy (non-hydrogen) atoms. The molecule has 0 aliphatic heterocycles. The summed E-state index contributed by atoms with van der Waals surface area (Å²) in [4.78, 5) is 0. The van der Waals surface area contributed by atoms with Crippen LogP contribution in [0.2, 0.25) is 0 Å². The van der Waals surface area contributed by atoms with Crippen molar-refractivity contribution >= 4 is 17.7 Å². The van der Waals surface area contributed by atoms with E-state index in [2.05, 4.69) is 143 Å². The van der Waals surface area contributed by atoms with E-state index in [0.717, 1.165) is 11.1 Å². The first-order valence-corrected chi connectivity index (χ1v) is 14.0. The Hall–Kier alpha value is -4.68. The molecule has 0 N–H and O–H groups in total. The molecule has 1 spiro atoms. The molecule has 0 saturated heterocycles. The Morgan fingerprint density at radius 2 is 1.20 bits per heavy atom. The van der Waals surface area contributed by atoms with Gasteiger partial charge in [-0.2, -0.15) is 0 Å². The van der Waals surface area contributed by atoms with Crippen LogP contribution in [0.1, 0.15) is 62.6 Å². The molecule has 0 radical (unpaired) electrons. The lowest BCUT2D eigenvalue weighted by Gasteiger charge is -2.31. The van der Waals surface area contributed by atoms with E-state index in [0.29, 0.717) is 0 Å². The van der Waals surface area contributed by atoms with Crippen LogP contribution in [0.5, 0.6) is 0 Å². The van der Waals surface area contributed by atoms with E-state index in [1.54, 1.807) is 0 Å². The smallest absolute Gasteiger partial charge is 0.0725 e. The van der Waals surface area contributed by atoms with E-state index in [1.165, 1.54) is 72.3 Å². The molecule has 2 aliphatic carbocycles. The summed E-state index contributed by atoms with van der Waals surface area (Å²) in [6, 6.07) is 36.1. The van der Waals surface area contributed by atoms with Crippen molar-refractivity contribution in [1.82, 2.24) is 0 Å². The molecule has 0 amide bonds. The summed E-state index contributed by atoms with van der Waals surface area (Å²) >= 11 is 0. The molecule has 0 heteroatoms. The number of rotatable bonds is 4. The average Bonchev–Trinajstić information content (AvgIpc) is 3.44. The zero-order valence-corrected chi connectivity index (χ0v) is 23.4. The Balaban J connectivity index is 1.51. The van der Waals surface area contributed by atoms with E-state index in [-0.39, 0.29) is 5.41 Å². The molecule has 0 saturated carbocycles. The maximum Gasteiger partial charge on any atom is 0.0725 e.